The third kappa shape index (κ3) is 1.48. The molecule has 2 aliphatic rings. The SMILES string of the molecule is O=C(O)c1cc2n(n1)CC(C1CC1)CN2. The number of aromatic carboxylic acids is 1. The van der Waals surface area contributed by atoms with Gasteiger partial charge in [0, 0.05) is 19.2 Å². The van der Waals surface area contributed by atoms with Gasteiger partial charge in [0.1, 0.15) is 5.82 Å². The number of hydrogen-bond acceptors (Lipinski definition) is 3. The van der Waals surface area contributed by atoms with E-state index in [1.165, 1.54) is 12.8 Å². The number of anilines is 1. The normalized spacial score (nSPS) is 24.4. The second-order valence-electron chi connectivity index (χ2n) is 4.38. The van der Waals surface area contributed by atoms with Gasteiger partial charge < -0.3 is 10.4 Å². The molecule has 1 aromatic heterocycles. The predicted octanol–water partition coefficient (Wildman–Crippen LogP) is 1.03. The quantitative estimate of drug-likeness (QED) is 0.760. The van der Waals surface area contributed by atoms with Gasteiger partial charge in [0.25, 0.3) is 0 Å². The second-order valence-corrected chi connectivity index (χ2v) is 4.38. The molecule has 1 saturated carbocycles. The van der Waals surface area contributed by atoms with E-state index in [0.29, 0.717) is 5.92 Å². The Bertz CT molecular complexity index is 409. The summed E-state index contributed by atoms with van der Waals surface area (Å²) < 4.78 is 1.79. The van der Waals surface area contributed by atoms with Gasteiger partial charge in [0.05, 0.1) is 0 Å². The van der Waals surface area contributed by atoms with Crippen molar-refractivity contribution < 1.29 is 9.90 Å². The first-order chi connectivity index (χ1) is 7.24. The Morgan fingerprint density at radius 2 is 2.33 bits per heavy atom. The lowest BCUT2D eigenvalue weighted by molar-refractivity contribution is 0.0689. The van der Waals surface area contributed by atoms with E-state index in [1.54, 1.807) is 10.7 Å². The molecule has 1 unspecified atom stereocenters. The van der Waals surface area contributed by atoms with Crippen LogP contribution < -0.4 is 5.32 Å². The predicted molar refractivity (Wildman–Crippen MR) is 53.9 cm³/mol. The number of nitrogens with one attached hydrogen (secondary N) is 1. The highest BCUT2D eigenvalue weighted by Gasteiger charge is 2.34. The van der Waals surface area contributed by atoms with Crippen LogP contribution in [-0.4, -0.2) is 27.4 Å². The molecule has 0 saturated heterocycles. The van der Waals surface area contributed by atoms with Crippen molar-refractivity contribution in [2.24, 2.45) is 11.8 Å². The third-order valence-corrected chi connectivity index (χ3v) is 3.24. The maximum absolute atomic E-state index is 10.7. The Morgan fingerprint density at radius 1 is 1.53 bits per heavy atom. The van der Waals surface area contributed by atoms with Crippen molar-refractivity contribution in [3.05, 3.63) is 11.8 Å². The first-order valence-corrected chi connectivity index (χ1v) is 5.29. The number of carboxylic acid groups (broad SMARTS) is 1. The van der Waals surface area contributed by atoms with Crippen LogP contribution in [0.3, 0.4) is 0 Å². The van der Waals surface area contributed by atoms with Crippen LogP contribution in [0.5, 0.6) is 0 Å². The van der Waals surface area contributed by atoms with E-state index in [0.717, 1.165) is 24.8 Å². The topological polar surface area (TPSA) is 67.1 Å². The Balaban J connectivity index is 1.85. The highest BCUT2D eigenvalue weighted by molar-refractivity contribution is 5.86. The van der Waals surface area contributed by atoms with Gasteiger partial charge in [-0.2, -0.15) is 5.10 Å². The van der Waals surface area contributed by atoms with Crippen LogP contribution in [0.2, 0.25) is 0 Å². The monoisotopic (exact) mass is 207 g/mol. The van der Waals surface area contributed by atoms with Gasteiger partial charge >= 0.3 is 5.97 Å². The van der Waals surface area contributed by atoms with Crippen molar-refractivity contribution in [2.75, 3.05) is 11.9 Å². The van der Waals surface area contributed by atoms with Crippen LogP contribution in [0.1, 0.15) is 23.3 Å². The molecule has 2 N–H and O–H groups in total. The second kappa shape index (κ2) is 2.98. The minimum atomic E-state index is -0.957. The molecule has 1 aliphatic carbocycles. The van der Waals surface area contributed by atoms with Gasteiger partial charge in [0.15, 0.2) is 5.69 Å². The lowest BCUT2D eigenvalue weighted by Gasteiger charge is -2.24. The zero-order valence-electron chi connectivity index (χ0n) is 8.31. The molecule has 0 aromatic carbocycles. The average molecular weight is 207 g/mol. The van der Waals surface area contributed by atoms with Gasteiger partial charge in [-0.15, -0.1) is 0 Å². The highest BCUT2D eigenvalue weighted by Crippen LogP contribution is 2.39. The lowest BCUT2D eigenvalue weighted by atomic mass is 10.0. The first-order valence-electron chi connectivity index (χ1n) is 5.29. The molecule has 3 rings (SSSR count). The number of fused-ring (bicyclic) bond motifs is 1. The van der Waals surface area contributed by atoms with E-state index in [4.69, 9.17) is 5.11 Å². The van der Waals surface area contributed by atoms with Gasteiger partial charge in [0.2, 0.25) is 0 Å². The number of carboxylic acids is 1. The summed E-state index contributed by atoms with van der Waals surface area (Å²) in [6.45, 7) is 1.82. The number of hydrogen-bond donors (Lipinski definition) is 2. The summed E-state index contributed by atoms with van der Waals surface area (Å²) in [4.78, 5) is 10.7. The number of carbonyl (C=O) groups is 1. The molecule has 15 heavy (non-hydrogen) atoms. The van der Waals surface area contributed by atoms with Crippen molar-refractivity contribution in [2.45, 2.75) is 19.4 Å². The van der Waals surface area contributed by atoms with Crippen LogP contribution in [0.4, 0.5) is 5.82 Å². The lowest BCUT2D eigenvalue weighted by Crippen LogP contribution is -2.29. The van der Waals surface area contributed by atoms with E-state index < -0.39 is 5.97 Å². The largest absolute Gasteiger partial charge is 0.476 e. The minimum Gasteiger partial charge on any atom is -0.476 e. The van der Waals surface area contributed by atoms with E-state index in [2.05, 4.69) is 10.4 Å². The molecule has 1 fully saturated rings. The summed E-state index contributed by atoms with van der Waals surface area (Å²) in [5.74, 6) is 1.33. The minimum absolute atomic E-state index is 0.133. The molecule has 1 atom stereocenters. The Kier molecular flexibility index (Phi) is 1.74. The number of nitrogens with zero attached hydrogens (tertiary/aromatic N) is 2. The Labute approximate surface area is 87.1 Å². The summed E-state index contributed by atoms with van der Waals surface area (Å²) in [5.41, 5.74) is 0.133. The summed E-state index contributed by atoms with van der Waals surface area (Å²) >= 11 is 0. The molecule has 2 heterocycles. The molecule has 0 radical (unpaired) electrons. The van der Waals surface area contributed by atoms with Crippen molar-refractivity contribution in [3.63, 3.8) is 0 Å². The molecule has 1 aromatic rings. The number of rotatable bonds is 2. The van der Waals surface area contributed by atoms with Crippen LogP contribution in [-0.2, 0) is 6.54 Å². The molecule has 0 amide bonds. The Hall–Kier alpha value is -1.52. The van der Waals surface area contributed by atoms with E-state index in [9.17, 15) is 4.79 Å². The van der Waals surface area contributed by atoms with Gasteiger partial charge in [-0.05, 0) is 24.7 Å². The average Bonchev–Trinajstić information content (AvgIpc) is 2.96. The third-order valence-electron chi connectivity index (χ3n) is 3.24. The fraction of sp³-hybridized carbons (Fsp3) is 0.600. The Morgan fingerprint density at radius 3 is 3.00 bits per heavy atom. The van der Waals surface area contributed by atoms with Crippen LogP contribution in [0, 0.1) is 11.8 Å². The fourth-order valence-corrected chi connectivity index (χ4v) is 2.21. The van der Waals surface area contributed by atoms with E-state index in [1.807, 2.05) is 0 Å². The zero-order valence-corrected chi connectivity index (χ0v) is 8.31. The maximum Gasteiger partial charge on any atom is 0.356 e. The smallest absolute Gasteiger partial charge is 0.356 e. The molecular formula is C10H13N3O2. The summed E-state index contributed by atoms with van der Waals surface area (Å²) in [6.07, 6.45) is 2.63. The summed E-state index contributed by atoms with van der Waals surface area (Å²) in [5, 5.41) is 16.1. The van der Waals surface area contributed by atoms with Crippen molar-refractivity contribution in [1.29, 1.82) is 0 Å². The molecule has 5 nitrogen and oxygen atoms in total. The standard InChI is InChI=1S/C10H13N3O2/c14-10(15)8-3-9-11-4-7(6-1-2-6)5-13(9)12-8/h3,6-7,11H,1-2,4-5H2,(H,14,15). The van der Waals surface area contributed by atoms with Crippen LogP contribution in [0.15, 0.2) is 6.07 Å². The number of aromatic nitrogens is 2. The maximum atomic E-state index is 10.7. The van der Waals surface area contributed by atoms with Crippen molar-refractivity contribution in [1.82, 2.24) is 9.78 Å². The molecule has 1 aliphatic heterocycles. The van der Waals surface area contributed by atoms with Crippen molar-refractivity contribution >= 4 is 11.8 Å². The van der Waals surface area contributed by atoms with Gasteiger partial charge in [-0.3, -0.25) is 0 Å². The summed E-state index contributed by atoms with van der Waals surface area (Å²) in [7, 11) is 0. The van der Waals surface area contributed by atoms with Crippen molar-refractivity contribution in [3.8, 4) is 0 Å². The molecule has 5 heteroatoms. The van der Waals surface area contributed by atoms with E-state index >= 15 is 0 Å². The van der Waals surface area contributed by atoms with Gasteiger partial charge in [-0.1, -0.05) is 0 Å². The van der Waals surface area contributed by atoms with Crippen LogP contribution in [0.25, 0.3) is 0 Å². The molecule has 0 bridgehead atoms. The zero-order chi connectivity index (χ0) is 10.4. The molecular weight excluding hydrogens is 194 g/mol. The fourth-order valence-electron chi connectivity index (χ4n) is 2.21. The molecule has 0 spiro atoms. The van der Waals surface area contributed by atoms with Gasteiger partial charge in [-0.25, -0.2) is 9.48 Å². The summed E-state index contributed by atoms with van der Waals surface area (Å²) in [6, 6.07) is 1.60. The highest BCUT2D eigenvalue weighted by atomic mass is 16.4. The van der Waals surface area contributed by atoms with E-state index in [-0.39, 0.29) is 5.69 Å². The van der Waals surface area contributed by atoms with Crippen LogP contribution >= 0.6 is 0 Å². The first kappa shape index (κ1) is 8.76. The molecule has 80 valence electrons.